The molecule has 0 fully saturated rings. The minimum Gasteiger partial charge on any atom is -0.480 e. The highest BCUT2D eigenvalue weighted by atomic mass is 16.5. The quantitative estimate of drug-likeness (QED) is 0.733. The monoisotopic (exact) mass is 231 g/mol. The van der Waals surface area contributed by atoms with Gasteiger partial charge in [-0.3, -0.25) is 0 Å². The molecule has 2 N–H and O–H groups in total. The molecular formula is C11H21NO4. The second-order valence-corrected chi connectivity index (χ2v) is 4.50. The van der Waals surface area contributed by atoms with Crippen molar-refractivity contribution in [2.75, 3.05) is 6.61 Å². The summed E-state index contributed by atoms with van der Waals surface area (Å²) in [6.07, 6.45) is 0.374. The van der Waals surface area contributed by atoms with Gasteiger partial charge in [-0.15, -0.1) is 0 Å². The highest BCUT2D eigenvalue weighted by Crippen LogP contribution is 2.12. The lowest BCUT2D eigenvalue weighted by atomic mass is 9.97. The predicted octanol–water partition coefficient (Wildman–Crippen LogP) is 2.01. The Hall–Kier alpha value is -1.26. The van der Waals surface area contributed by atoms with Gasteiger partial charge in [0.15, 0.2) is 0 Å². The van der Waals surface area contributed by atoms with Crippen LogP contribution >= 0.6 is 0 Å². The van der Waals surface area contributed by atoms with Crippen molar-refractivity contribution in [2.24, 2.45) is 5.92 Å². The molecule has 0 heterocycles. The molecule has 0 aliphatic heterocycles. The SMILES string of the molecule is CCCC(C)(NC(=O)OCC(C)C)C(=O)O. The van der Waals surface area contributed by atoms with Crippen LogP contribution in [0.5, 0.6) is 0 Å². The number of alkyl carbamates (subject to hydrolysis) is 1. The summed E-state index contributed by atoms with van der Waals surface area (Å²) in [5.74, 6) is -0.816. The van der Waals surface area contributed by atoms with E-state index in [-0.39, 0.29) is 12.5 Å². The van der Waals surface area contributed by atoms with Crippen molar-refractivity contribution in [2.45, 2.75) is 46.1 Å². The van der Waals surface area contributed by atoms with Gasteiger partial charge >= 0.3 is 12.1 Å². The maximum absolute atomic E-state index is 11.3. The average molecular weight is 231 g/mol. The Morgan fingerprint density at radius 1 is 1.44 bits per heavy atom. The van der Waals surface area contributed by atoms with Crippen molar-refractivity contribution in [3.05, 3.63) is 0 Å². The second kappa shape index (κ2) is 6.35. The molecule has 0 bridgehead atoms. The minimum absolute atomic E-state index is 0.230. The van der Waals surface area contributed by atoms with E-state index >= 15 is 0 Å². The number of aliphatic carboxylic acids is 1. The lowest BCUT2D eigenvalue weighted by Gasteiger charge is -2.25. The van der Waals surface area contributed by atoms with Crippen LogP contribution in [0.25, 0.3) is 0 Å². The van der Waals surface area contributed by atoms with Crippen LogP contribution in [0.15, 0.2) is 0 Å². The smallest absolute Gasteiger partial charge is 0.408 e. The van der Waals surface area contributed by atoms with E-state index in [1.807, 2.05) is 20.8 Å². The third-order valence-corrected chi connectivity index (χ3v) is 2.15. The van der Waals surface area contributed by atoms with E-state index in [0.29, 0.717) is 12.8 Å². The molecule has 0 rings (SSSR count). The molecular weight excluding hydrogens is 210 g/mol. The molecule has 0 radical (unpaired) electrons. The topological polar surface area (TPSA) is 75.6 Å². The van der Waals surface area contributed by atoms with Gasteiger partial charge in [0, 0.05) is 0 Å². The Morgan fingerprint density at radius 2 is 2.00 bits per heavy atom. The highest BCUT2D eigenvalue weighted by Gasteiger charge is 2.34. The van der Waals surface area contributed by atoms with E-state index in [2.05, 4.69) is 5.32 Å². The minimum atomic E-state index is -1.25. The van der Waals surface area contributed by atoms with Gasteiger partial charge in [0.05, 0.1) is 6.61 Å². The first kappa shape index (κ1) is 14.7. The van der Waals surface area contributed by atoms with Crippen LogP contribution in [0.3, 0.4) is 0 Å². The molecule has 0 aromatic rings. The summed E-state index contributed by atoms with van der Waals surface area (Å²) in [5, 5.41) is 11.4. The molecule has 94 valence electrons. The van der Waals surface area contributed by atoms with E-state index < -0.39 is 17.6 Å². The van der Waals surface area contributed by atoms with Gasteiger partial charge in [0.2, 0.25) is 0 Å². The number of hydrogen-bond donors (Lipinski definition) is 2. The van der Waals surface area contributed by atoms with Crippen molar-refractivity contribution in [1.82, 2.24) is 5.32 Å². The zero-order valence-electron chi connectivity index (χ0n) is 10.4. The molecule has 5 nitrogen and oxygen atoms in total. The summed E-state index contributed by atoms with van der Waals surface area (Å²) in [6, 6.07) is 0. The molecule has 1 amide bonds. The van der Waals surface area contributed by atoms with Gasteiger partial charge in [0.1, 0.15) is 5.54 Å². The zero-order valence-corrected chi connectivity index (χ0v) is 10.4. The molecule has 0 saturated heterocycles. The summed E-state index contributed by atoms with van der Waals surface area (Å²) in [6.45, 7) is 7.46. The van der Waals surface area contributed by atoms with Crippen LogP contribution in [0.2, 0.25) is 0 Å². The molecule has 0 saturated carbocycles. The number of carbonyl (C=O) groups is 2. The van der Waals surface area contributed by atoms with Crippen LogP contribution in [0, 0.1) is 5.92 Å². The molecule has 0 spiro atoms. The highest BCUT2D eigenvalue weighted by molar-refractivity contribution is 5.83. The third-order valence-electron chi connectivity index (χ3n) is 2.15. The summed E-state index contributed by atoms with van der Waals surface area (Å²) < 4.78 is 4.88. The molecule has 0 aliphatic carbocycles. The first-order valence-electron chi connectivity index (χ1n) is 5.50. The standard InChI is InChI=1S/C11H21NO4/c1-5-6-11(4,9(13)14)12-10(15)16-7-8(2)3/h8H,5-7H2,1-4H3,(H,12,15)(H,13,14). The first-order chi connectivity index (χ1) is 7.31. The van der Waals surface area contributed by atoms with Crippen LogP contribution in [-0.2, 0) is 9.53 Å². The van der Waals surface area contributed by atoms with Crippen molar-refractivity contribution in [3.8, 4) is 0 Å². The van der Waals surface area contributed by atoms with Gasteiger partial charge in [0.25, 0.3) is 0 Å². The van der Waals surface area contributed by atoms with Crippen molar-refractivity contribution >= 4 is 12.1 Å². The molecule has 5 heteroatoms. The molecule has 0 aliphatic rings. The molecule has 1 atom stereocenters. The fourth-order valence-corrected chi connectivity index (χ4v) is 1.23. The first-order valence-corrected chi connectivity index (χ1v) is 5.50. The Morgan fingerprint density at radius 3 is 2.38 bits per heavy atom. The fraction of sp³-hybridized carbons (Fsp3) is 0.818. The van der Waals surface area contributed by atoms with Gasteiger partial charge in [-0.25, -0.2) is 9.59 Å². The van der Waals surface area contributed by atoms with Gasteiger partial charge < -0.3 is 15.2 Å². The molecule has 16 heavy (non-hydrogen) atoms. The molecule has 0 aromatic carbocycles. The van der Waals surface area contributed by atoms with E-state index in [1.54, 1.807) is 0 Å². The maximum atomic E-state index is 11.3. The lowest BCUT2D eigenvalue weighted by Crippen LogP contribution is -2.52. The van der Waals surface area contributed by atoms with Gasteiger partial charge in [-0.05, 0) is 19.3 Å². The van der Waals surface area contributed by atoms with Crippen molar-refractivity contribution in [3.63, 3.8) is 0 Å². The van der Waals surface area contributed by atoms with Gasteiger partial charge in [-0.1, -0.05) is 27.2 Å². The number of nitrogens with one attached hydrogen (secondary N) is 1. The summed E-state index contributed by atoms with van der Waals surface area (Å²) in [7, 11) is 0. The van der Waals surface area contributed by atoms with Crippen LogP contribution in [-0.4, -0.2) is 29.3 Å². The normalized spacial score (nSPS) is 14.3. The Balaban J connectivity index is 4.30. The van der Waals surface area contributed by atoms with Crippen molar-refractivity contribution in [1.29, 1.82) is 0 Å². The second-order valence-electron chi connectivity index (χ2n) is 4.50. The number of carbonyl (C=O) groups excluding carboxylic acids is 1. The average Bonchev–Trinajstić information content (AvgIpc) is 2.14. The van der Waals surface area contributed by atoms with Crippen LogP contribution in [0.1, 0.15) is 40.5 Å². The summed E-state index contributed by atoms with van der Waals surface area (Å²) in [5.41, 5.74) is -1.25. The Bertz CT molecular complexity index is 252. The number of rotatable bonds is 6. The molecule has 1 unspecified atom stereocenters. The fourth-order valence-electron chi connectivity index (χ4n) is 1.23. The summed E-state index contributed by atoms with van der Waals surface area (Å²) >= 11 is 0. The third kappa shape index (κ3) is 5.00. The maximum Gasteiger partial charge on any atom is 0.408 e. The van der Waals surface area contributed by atoms with E-state index in [1.165, 1.54) is 6.92 Å². The summed E-state index contributed by atoms with van der Waals surface area (Å²) in [4.78, 5) is 22.4. The number of carboxylic acid groups (broad SMARTS) is 1. The van der Waals surface area contributed by atoms with E-state index in [0.717, 1.165) is 0 Å². The van der Waals surface area contributed by atoms with E-state index in [4.69, 9.17) is 9.84 Å². The predicted molar refractivity (Wildman–Crippen MR) is 60.3 cm³/mol. The lowest BCUT2D eigenvalue weighted by molar-refractivity contribution is -0.144. The Kier molecular flexibility index (Phi) is 5.85. The van der Waals surface area contributed by atoms with Gasteiger partial charge in [-0.2, -0.15) is 0 Å². The Labute approximate surface area is 96.2 Å². The van der Waals surface area contributed by atoms with E-state index in [9.17, 15) is 9.59 Å². The number of carboxylic acids is 1. The number of amides is 1. The number of hydrogen-bond acceptors (Lipinski definition) is 3. The number of ether oxygens (including phenoxy) is 1. The van der Waals surface area contributed by atoms with Crippen LogP contribution in [0.4, 0.5) is 4.79 Å². The zero-order chi connectivity index (χ0) is 12.8. The van der Waals surface area contributed by atoms with Crippen LogP contribution < -0.4 is 5.32 Å². The van der Waals surface area contributed by atoms with Crippen molar-refractivity contribution < 1.29 is 19.4 Å². The largest absolute Gasteiger partial charge is 0.480 e. The molecule has 0 aromatic heterocycles.